The van der Waals surface area contributed by atoms with Crippen molar-refractivity contribution in [2.75, 3.05) is 0 Å². The molecule has 1 heterocycles. The van der Waals surface area contributed by atoms with Gasteiger partial charge in [0, 0.05) is 29.7 Å². The number of Topliss-reactive ketones (excluding diaryl/α,β-unsaturated/α-hetero) is 2. The summed E-state index contributed by atoms with van der Waals surface area (Å²) in [6.07, 6.45) is 6.51. The minimum absolute atomic E-state index is 0.0901. The molecular weight excluding hydrogens is 314 g/mol. The summed E-state index contributed by atoms with van der Waals surface area (Å²) < 4.78 is 5.31. The van der Waals surface area contributed by atoms with Crippen LogP contribution in [0.5, 0.6) is 0 Å². The van der Waals surface area contributed by atoms with Crippen LogP contribution in [0.25, 0.3) is 0 Å². The Bertz CT molecular complexity index is 672. The molecule has 3 aliphatic rings. The van der Waals surface area contributed by atoms with E-state index >= 15 is 0 Å². The van der Waals surface area contributed by atoms with Crippen LogP contribution < -0.4 is 0 Å². The zero-order valence-electron chi connectivity index (χ0n) is 15.6. The second-order valence-corrected chi connectivity index (χ2v) is 8.54. The molecule has 1 aromatic rings. The number of hydrogen-bond acceptors (Lipinski definition) is 4. The van der Waals surface area contributed by atoms with Crippen molar-refractivity contribution in [1.82, 2.24) is 5.16 Å². The molecule has 4 rings (SSSR count). The molecule has 3 unspecified atom stereocenters. The average molecular weight is 343 g/mol. The molecule has 0 aliphatic heterocycles. The summed E-state index contributed by atoms with van der Waals surface area (Å²) in [5.74, 6) is 3.95. The standard InChI is InChI=1S/C21H29NO3/c1-4-13-9-18-14-7-8-20(23)19(10-17-11(2)22-25-12(17)3)15(14)5-6-16(18)21(13)24/h13-16,18-19H,4-10H2,1-3H3/t13-,14?,15?,16-,18-,19?/m1/s1. The van der Waals surface area contributed by atoms with Crippen molar-refractivity contribution in [3.8, 4) is 0 Å². The molecule has 0 spiro atoms. The van der Waals surface area contributed by atoms with E-state index in [0.717, 1.165) is 55.5 Å². The molecule has 0 aromatic carbocycles. The van der Waals surface area contributed by atoms with Crippen LogP contribution in [0.4, 0.5) is 0 Å². The number of aryl methyl sites for hydroxylation is 2. The van der Waals surface area contributed by atoms with Gasteiger partial charge in [-0.25, -0.2) is 0 Å². The normalized spacial score (nSPS) is 37.9. The lowest BCUT2D eigenvalue weighted by molar-refractivity contribution is -0.132. The number of ketones is 2. The first-order valence-electron chi connectivity index (χ1n) is 9.99. The molecule has 0 saturated heterocycles. The zero-order valence-corrected chi connectivity index (χ0v) is 15.6. The van der Waals surface area contributed by atoms with Crippen molar-refractivity contribution in [2.24, 2.45) is 35.5 Å². The van der Waals surface area contributed by atoms with E-state index in [0.29, 0.717) is 35.7 Å². The highest BCUT2D eigenvalue weighted by molar-refractivity contribution is 5.86. The van der Waals surface area contributed by atoms with E-state index in [1.165, 1.54) is 0 Å². The molecule has 3 aliphatic carbocycles. The predicted molar refractivity (Wildman–Crippen MR) is 94.0 cm³/mol. The first kappa shape index (κ1) is 17.0. The van der Waals surface area contributed by atoms with E-state index < -0.39 is 0 Å². The van der Waals surface area contributed by atoms with Gasteiger partial charge in [0.2, 0.25) is 0 Å². The maximum atomic E-state index is 12.8. The van der Waals surface area contributed by atoms with Gasteiger partial charge in [-0.1, -0.05) is 12.1 Å². The molecule has 0 N–H and O–H groups in total. The summed E-state index contributed by atoms with van der Waals surface area (Å²) >= 11 is 0. The number of aromatic nitrogens is 1. The van der Waals surface area contributed by atoms with E-state index in [4.69, 9.17) is 4.52 Å². The lowest BCUT2D eigenvalue weighted by Crippen LogP contribution is -2.44. The SMILES string of the molecule is CC[C@@H]1C[C@@H]2C3CCC(=O)C(Cc4c(C)noc4C)C3CC[C@H]2C1=O. The van der Waals surface area contributed by atoms with Gasteiger partial charge in [-0.3, -0.25) is 9.59 Å². The second-order valence-electron chi connectivity index (χ2n) is 8.54. The van der Waals surface area contributed by atoms with Gasteiger partial charge in [0.15, 0.2) is 0 Å². The summed E-state index contributed by atoms with van der Waals surface area (Å²) in [5, 5.41) is 4.06. The molecule has 0 bridgehead atoms. The highest BCUT2D eigenvalue weighted by Crippen LogP contribution is 2.54. The number of hydrogen-bond donors (Lipinski definition) is 0. The molecule has 3 fully saturated rings. The first-order valence-corrected chi connectivity index (χ1v) is 9.99. The molecule has 1 aromatic heterocycles. The van der Waals surface area contributed by atoms with Crippen molar-refractivity contribution in [3.05, 3.63) is 17.0 Å². The maximum absolute atomic E-state index is 12.8. The number of nitrogens with zero attached hydrogens (tertiary/aromatic N) is 1. The Hall–Kier alpha value is -1.45. The summed E-state index contributed by atoms with van der Waals surface area (Å²) in [6.45, 7) is 6.05. The Morgan fingerprint density at radius 1 is 1.08 bits per heavy atom. The molecule has 0 radical (unpaired) electrons. The third-order valence-corrected chi connectivity index (χ3v) is 7.50. The summed E-state index contributed by atoms with van der Waals surface area (Å²) in [7, 11) is 0. The first-order chi connectivity index (χ1) is 12.0. The average Bonchev–Trinajstić information content (AvgIpc) is 3.10. The highest BCUT2D eigenvalue weighted by atomic mass is 16.5. The zero-order chi connectivity index (χ0) is 17.7. The highest BCUT2D eigenvalue weighted by Gasteiger charge is 2.53. The van der Waals surface area contributed by atoms with Gasteiger partial charge in [0.1, 0.15) is 17.3 Å². The van der Waals surface area contributed by atoms with Gasteiger partial charge in [-0.05, 0) is 70.1 Å². The van der Waals surface area contributed by atoms with Gasteiger partial charge in [-0.15, -0.1) is 0 Å². The van der Waals surface area contributed by atoms with Crippen LogP contribution in [0.2, 0.25) is 0 Å². The van der Waals surface area contributed by atoms with Crippen molar-refractivity contribution in [1.29, 1.82) is 0 Å². The Kier molecular flexibility index (Phi) is 4.33. The van der Waals surface area contributed by atoms with Gasteiger partial charge < -0.3 is 4.52 Å². The summed E-state index contributed by atoms with van der Waals surface area (Å²) in [4.78, 5) is 25.4. The van der Waals surface area contributed by atoms with Crippen LogP contribution in [0.3, 0.4) is 0 Å². The van der Waals surface area contributed by atoms with Gasteiger partial charge >= 0.3 is 0 Å². The van der Waals surface area contributed by atoms with Crippen LogP contribution in [-0.2, 0) is 16.0 Å². The molecule has 3 saturated carbocycles. The van der Waals surface area contributed by atoms with E-state index in [9.17, 15) is 9.59 Å². The topological polar surface area (TPSA) is 60.2 Å². The van der Waals surface area contributed by atoms with Crippen LogP contribution in [0, 0.1) is 49.4 Å². The molecule has 0 amide bonds. The lowest BCUT2D eigenvalue weighted by Gasteiger charge is -2.46. The molecule has 6 atom stereocenters. The Labute approximate surface area is 149 Å². The Morgan fingerprint density at radius 3 is 2.56 bits per heavy atom. The fourth-order valence-electron chi connectivity index (χ4n) is 6.16. The van der Waals surface area contributed by atoms with Crippen molar-refractivity contribution in [3.63, 3.8) is 0 Å². The van der Waals surface area contributed by atoms with Gasteiger partial charge in [0.25, 0.3) is 0 Å². The summed E-state index contributed by atoms with van der Waals surface area (Å²) in [5.41, 5.74) is 2.04. The van der Waals surface area contributed by atoms with Crippen LogP contribution in [0.1, 0.15) is 62.5 Å². The lowest BCUT2D eigenvalue weighted by atomic mass is 9.57. The molecule has 4 nitrogen and oxygen atoms in total. The monoisotopic (exact) mass is 343 g/mol. The predicted octanol–water partition coefficient (Wildman–Crippen LogP) is 4.07. The smallest absolute Gasteiger partial charge is 0.139 e. The number of rotatable bonds is 3. The van der Waals surface area contributed by atoms with Gasteiger partial charge in [0.05, 0.1) is 5.69 Å². The van der Waals surface area contributed by atoms with Crippen molar-refractivity contribution in [2.45, 2.75) is 65.7 Å². The summed E-state index contributed by atoms with van der Waals surface area (Å²) in [6, 6.07) is 0. The Balaban J connectivity index is 1.58. The van der Waals surface area contributed by atoms with Gasteiger partial charge in [-0.2, -0.15) is 0 Å². The van der Waals surface area contributed by atoms with E-state index in [-0.39, 0.29) is 17.8 Å². The largest absolute Gasteiger partial charge is 0.361 e. The minimum Gasteiger partial charge on any atom is -0.361 e. The van der Waals surface area contributed by atoms with Crippen LogP contribution in [0.15, 0.2) is 4.52 Å². The fourth-order valence-corrected chi connectivity index (χ4v) is 6.16. The minimum atomic E-state index is 0.0901. The molecule has 136 valence electrons. The van der Waals surface area contributed by atoms with E-state index in [2.05, 4.69) is 12.1 Å². The molecule has 25 heavy (non-hydrogen) atoms. The van der Waals surface area contributed by atoms with E-state index in [1.807, 2.05) is 13.8 Å². The number of carbonyl (C=O) groups excluding carboxylic acids is 2. The Morgan fingerprint density at radius 2 is 1.88 bits per heavy atom. The van der Waals surface area contributed by atoms with Crippen molar-refractivity contribution < 1.29 is 14.1 Å². The maximum Gasteiger partial charge on any atom is 0.139 e. The van der Waals surface area contributed by atoms with Crippen molar-refractivity contribution >= 4 is 11.6 Å². The number of carbonyl (C=O) groups is 2. The van der Waals surface area contributed by atoms with Crippen LogP contribution in [-0.4, -0.2) is 16.7 Å². The molecular formula is C21H29NO3. The quantitative estimate of drug-likeness (QED) is 0.830. The fraction of sp³-hybridized carbons (Fsp3) is 0.762. The molecule has 4 heteroatoms. The third-order valence-electron chi connectivity index (χ3n) is 7.50. The van der Waals surface area contributed by atoms with Crippen LogP contribution >= 0.6 is 0 Å². The number of fused-ring (bicyclic) bond motifs is 3. The van der Waals surface area contributed by atoms with E-state index in [1.54, 1.807) is 0 Å². The third kappa shape index (κ3) is 2.69. The second kappa shape index (κ2) is 6.37.